The largest absolute Gasteiger partial charge is 0.393 e. The third-order valence-corrected chi connectivity index (χ3v) is 1.52. The van der Waals surface area contributed by atoms with Crippen molar-refractivity contribution < 1.29 is 14.3 Å². The molecular weight excluding hydrogens is 156 g/mol. The average molecular weight is 166 g/mol. The van der Waals surface area contributed by atoms with E-state index < -0.39 is 17.9 Å². The summed E-state index contributed by atoms with van der Waals surface area (Å²) >= 11 is 0. The zero-order chi connectivity index (χ0) is 9.14. The van der Waals surface area contributed by atoms with E-state index in [0.29, 0.717) is 0 Å². The quantitative estimate of drug-likeness (QED) is 0.352. The van der Waals surface area contributed by atoms with Crippen molar-refractivity contribution in [1.82, 2.24) is 0 Å². The van der Waals surface area contributed by atoms with Crippen LogP contribution in [0.5, 0.6) is 0 Å². The SMILES string of the molecule is C=C(C)C=CC1CC(=O)OC1=O. The Morgan fingerprint density at radius 3 is 2.75 bits per heavy atom. The van der Waals surface area contributed by atoms with E-state index in [2.05, 4.69) is 11.3 Å². The van der Waals surface area contributed by atoms with Gasteiger partial charge in [-0.15, -0.1) is 0 Å². The Balaban J connectivity index is 2.59. The number of ether oxygens (including phenoxy) is 1. The molecule has 64 valence electrons. The fourth-order valence-electron chi connectivity index (χ4n) is 0.919. The summed E-state index contributed by atoms with van der Waals surface area (Å²) in [5.41, 5.74) is 0.849. The van der Waals surface area contributed by atoms with E-state index in [1.165, 1.54) is 0 Å². The van der Waals surface area contributed by atoms with Gasteiger partial charge in [-0.1, -0.05) is 24.3 Å². The van der Waals surface area contributed by atoms with Crippen molar-refractivity contribution >= 4 is 11.9 Å². The van der Waals surface area contributed by atoms with E-state index >= 15 is 0 Å². The van der Waals surface area contributed by atoms with Crippen LogP contribution >= 0.6 is 0 Å². The van der Waals surface area contributed by atoms with Crippen LogP contribution in [0.2, 0.25) is 0 Å². The number of carbonyl (C=O) groups is 2. The van der Waals surface area contributed by atoms with Crippen LogP contribution in [-0.2, 0) is 14.3 Å². The number of hydrogen-bond acceptors (Lipinski definition) is 3. The van der Waals surface area contributed by atoms with E-state index in [9.17, 15) is 9.59 Å². The van der Waals surface area contributed by atoms with Gasteiger partial charge in [0.05, 0.1) is 12.3 Å². The van der Waals surface area contributed by atoms with E-state index in [1.54, 1.807) is 12.2 Å². The Morgan fingerprint density at radius 1 is 1.67 bits per heavy atom. The molecule has 0 saturated carbocycles. The minimum Gasteiger partial charge on any atom is -0.393 e. The molecule has 0 amide bonds. The molecule has 0 aromatic carbocycles. The van der Waals surface area contributed by atoms with Crippen LogP contribution in [0, 0.1) is 5.92 Å². The maximum absolute atomic E-state index is 10.9. The van der Waals surface area contributed by atoms with Crippen LogP contribution in [0.4, 0.5) is 0 Å². The van der Waals surface area contributed by atoms with Crippen LogP contribution in [-0.4, -0.2) is 11.9 Å². The molecule has 0 N–H and O–H groups in total. The number of hydrogen-bond donors (Lipinski definition) is 0. The molecule has 0 aromatic rings. The van der Waals surface area contributed by atoms with E-state index in [0.717, 1.165) is 5.57 Å². The number of allylic oxidation sites excluding steroid dienone is 2. The predicted octanol–water partition coefficient (Wildman–Crippen LogP) is 1.21. The highest BCUT2D eigenvalue weighted by Gasteiger charge is 2.30. The Labute approximate surface area is 70.7 Å². The monoisotopic (exact) mass is 166 g/mol. The molecule has 3 heteroatoms. The summed E-state index contributed by atoms with van der Waals surface area (Å²) in [6.45, 7) is 5.45. The van der Waals surface area contributed by atoms with Gasteiger partial charge in [0, 0.05) is 0 Å². The standard InChI is InChI=1S/C9H10O3/c1-6(2)3-4-7-5-8(10)12-9(7)11/h3-4,7H,1,5H2,2H3. The first-order valence-electron chi connectivity index (χ1n) is 3.68. The summed E-state index contributed by atoms with van der Waals surface area (Å²) in [4.78, 5) is 21.5. The number of carbonyl (C=O) groups excluding carboxylic acids is 2. The van der Waals surface area contributed by atoms with Gasteiger partial charge in [0.25, 0.3) is 0 Å². The minimum absolute atomic E-state index is 0.155. The lowest BCUT2D eigenvalue weighted by Crippen LogP contribution is -2.03. The predicted molar refractivity (Wildman–Crippen MR) is 43.2 cm³/mol. The highest BCUT2D eigenvalue weighted by Crippen LogP contribution is 2.17. The summed E-state index contributed by atoms with van der Waals surface area (Å²) in [5.74, 6) is -1.32. The smallest absolute Gasteiger partial charge is 0.321 e. The Bertz CT molecular complexity index is 263. The first-order chi connectivity index (χ1) is 5.59. The van der Waals surface area contributed by atoms with Crippen LogP contribution in [0.25, 0.3) is 0 Å². The maximum atomic E-state index is 10.9. The zero-order valence-corrected chi connectivity index (χ0v) is 6.87. The normalized spacial score (nSPS) is 23.2. The summed E-state index contributed by atoms with van der Waals surface area (Å²) in [7, 11) is 0. The number of rotatable bonds is 2. The van der Waals surface area contributed by atoms with Crippen LogP contribution in [0.1, 0.15) is 13.3 Å². The van der Waals surface area contributed by atoms with E-state index in [-0.39, 0.29) is 6.42 Å². The molecule has 1 heterocycles. The average Bonchev–Trinajstić information content (AvgIpc) is 2.26. The fourth-order valence-corrected chi connectivity index (χ4v) is 0.919. The second kappa shape index (κ2) is 3.34. The summed E-state index contributed by atoms with van der Waals surface area (Å²) in [5, 5.41) is 0. The molecule has 1 atom stereocenters. The van der Waals surface area contributed by atoms with Gasteiger partial charge >= 0.3 is 11.9 Å². The lowest BCUT2D eigenvalue weighted by Gasteiger charge is -1.93. The highest BCUT2D eigenvalue weighted by atomic mass is 16.6. The third-order valence-electron chi connectivity index (χ3n) is 1.52. The third kappa shape index (κ3) is 2.05. The van der Waals surface area contributed by atoms with Crippen molar-refractivity contribution in [3.63, 3.8) is 0 Å². The molecular formula is C9H10O3. The molecule has 0 aliphatic carbocycles. The molecule has 1 fully saturated rings. The van der Waals surface area contributed by atoms with E-state index in [4.69, 9.17) is 0 Å². The molecule has 0 aromatic heterocycles. The lowest BCUT2D eigenvalue weighted by molar-refractivity contribution is -0.152. The van der Waals surface area contributed by atoms with Gasteiger partial charge in [0.2, 0.25) is 0 Å². The molecule has 0 spiro atoms. The summed E-state index contributed by atoms with van der Waals surface area (Å²) in [6.07, 6.45) is 3.52. The van der Waals surface area contributed by atoms with Gasteiger partial charge < -0.3 is 4.74 Å². The van der Waals surface area contributed by atoms with Crippen LogP contribution in [0.15, 0.2) is 24.3 Å². The minimum atomic E-state index is -0.461. The molecule has 3 nitrogen and oxygen atoms in total. The molecule has 0 bridgehead atoms. The fraction of sp³-hybridized carbons (Fsp3) is 0.333. The maximum Gasteiger partial charge on any atom is 0.321 e. The van der Waals surface area contributed by atoms with Gasteiger partial charge in [0.1, 0.15) is 0 Å². The Morgan fingerprint density at radius 2 is 2.33 bits per heavy atom. The summed E-state index contributed by atoms with van der Waals surface area (Å²) < 4.78 is 4.35. The van der Waals surface area contributed by atoms with Gasteiger partial charge in [-0.05, 0) is 6.92 Å². The molecule has 12 heavy (non-hydrogen) atoms. The lowest BCUT2D eigenvalue weighted by atomic mass is 10.1. The Hall–Kier alpha value is -1.38. The van der Waals surface area contributed by atoms with Crippen molar-refractivity contribution in [3.05, 3.63) is 24.3 Å². The van der Waals surface area contributed by atoms with Crippen LogP contribution in [0.3, 0.4) is 0 Å². The second-order valence-corrected chi connectivity index (χ2v) is 2.81. The van der Waals surface area contributed by atoms with Crippen molar-refractivity contribution in [1.29, 1.82) is 0 Å². The first-order valence-corrected chi connectivity index (χ1v) is 3.68. The first kappa shape index (κ1) is 8.71. The van der Waals surface area contributed by atoms with Gasteiger partial charge in [-0.25, -0.2) is 0 Å². The summed E-state index contributed by atoms with van der Waals surface area (Å²) in [6, 6.07) is 0. The van der Waals surface area contributed by atoms with E-state index in [1.807, 2.05) is 6.92 Å². The van der Waals surface area contributed by atoms with Gasteiger partial charge in [-0.3, -0.25) is 9.59 Å². The van der Waals surface area contributed by atoms with Crippen molar-refractivity contribution in [2.24, 2.45) is 5.92 Å². The molecule has 1 unspecified atom stereocenters. The van der Waals surface area contributed by atoms with Gasteiger partial charge in [-0.2, -0.15) is 0 Å². The topological polar surface area (TPSA) is 43.4 Å². The zero-order valence-electron chi connectivity index (χ0n) is 6.87. The number of cyclic esters (lactones) is 2. The molecule has 1 saturated heterocycles. The van der Waals surface area contributed by atoms with Crippen molar-refractivity contribution in [2.75, 3.05) is 0 Å². The van der Waals surface area contributed by atoms with Crippen LogP contribution < -0.4 is 0 Å². The molecule has 0 radical (unpaired) electrons. The molecule has 1 rings (SSSR count). The second-order valence-electron chi connectivity index (χ2n) is 2.81. The Kier molecular flexibility index (Phi) is 2.43. The van der Waals surface area contributed by atoms with Crippen molar-refractivity contribution in [2.45, 2.75) is 13.3 Å². The molecule has 1 aliphatic heterocycles. The highest BCUT2D eigenvalue weighted by molar-refractivity contribution is 5.95. The van der Waals surface area contributed by atoms with Gasteiger partial charge in [0.15, 0.2) is 0 Å². The molecule has 1 aliphatic rings. The van der Waals surface area contributed by atoms with Crippen molar-refractivity contribution in [3.8, 4) is 0 Å². The number of esters is 2.